The van der Waals surface area contributed by atoms with Crippen LogP contribution in [0.4, 0.5) is 0 Å². The molecule has 0 saturated carbocycles. The summed E-state index contributed by atoms with van der Waals surface area (Å²) in [7, 11) is -13.5. The molecule has 0 aromatic heterocycles. The van der Waals surface area contributed by atoms with Gasteiger partial charge in [0.1, 0.15) is 34.1 Å². The molecule has 0 aliphatic carbocycles. The summed E-state index contributed by atoms with van der Waals surface area (Å²) in [6.07, 6.45) is 0. The third kappa shape index (κ3) is 6.34. The Morgan fingerprint density at radius 1 is 0.472 bits per heavy atom. The summed E-state index contributed by atoms with van der Waals surface area (Å²) in [6.45, 7) is 8.04. The van der Waals surface area contributed by atoms with Gasteiger partial charge in [0.05, 0.1) is 56.3 Å². The van der Waals surface area contributed by atoms with Crippen LogP contribution >= 0.6 is 22.8 Å². The lowest BCUT2D eigenvalue weighted by molar-refractivity contribution is 0.230. The van der Waals surface area contributed by atoms with Gasteiger partial charge >= 0.3 is 22.8 Å². The van der Waals surface area contributed by atoms with E-state index in [-0.39, 0.29) is 39.6 Å². The van der Waals surface area contributed by atoms with Crippen LogP contribution in [0.1, 0.15) is 58.2 Å². The van der Waals surface area contributed by atoms with Gasteiger partial charge in [-0.2, -0.15) is 15.8 Å². The average molecular weight is 561 g/mol. The minimum Gasteiger partial charge on any atom is -0.305 e. The maximum Gasteiger partial charge on any atom is 0.364 e. The minimum atomic E-state index is -4.50. The van der Waals surface area contributed by atoms with Gasteiger partial charge in [-0.1, -0.05) is 0 Å². The lowest BCUT2D eigenvalue weighted by atomic mass is 10.1. The summed E-state index contributed by atoms with van der Waals surface area (Å²) in [4.78, 5) is 0. The second-order valence-electron chi connectivity index (χ2n) is 6.51. The summed E-state index contributed by atoms with van der Waals surface area (Å²) in [5, 5.41) is 28.6. The maximum atomic E-state index is 14.0. The van der Waals surface area contributed by atoms with Crippen molar-refractivity contribution in [2.75, 3.05) is 39.6 Å². The van der Waals surface area contributed by atoms with Crippen LogP contribution in [0.2, 0.25) is 0 Å². The van der Waals surface area contributed by atoms with Crippen LogP contribution in [-0.4, -0.2) is 39.6 Å². The fraction of sp³-hybridized carbons (Fsp3) is 0.571. The molecule has 0 N–H and O–H groups in total. The van der Waals surface area contributed by atoms with E-state index in [2.05, 4.69) is 0 Å². The molecule has 0 amide bonds. The largest absolute Gasteiger partial charge is 0.364 e. The smallest absolute Gasteiger partial charge is 0.305 e. The number of benzene rings is 1. The van der Waals surface area contributed by atoms with E-state index >= 15 is 0 Å². The first-order chi connectivity index (χ1) is 17.1. The first-order valence-electron chi connectivity index (χ1n) is 11.2. The van der Waals surface area contributed by atoms with Crippen molar-refractivity contribution in [3.63, 3.8) is 0 Å². The molecule has 0 aliphatic heterocycles. The zero-order valence-electron chi connectivity index (χ0n) is 21.1. The molecule has 12 nitrogen and oxygen atoms in total. The van der Waals surface area contributed by atoms with Gasteiger partial charge in [-0.25, -0.2) is 0 Å². The second-order valence-corrected chi connectivity index (χ2v) is 12.4. The van der Waals surface area contributed by atoms with Crippen molar-refractivity contribution in [1.82, 2.24) is 0 Å². The normalized spacial score (nSPS) is 12.1. The SMILES string of the molecule is CCOP(=O)(OCC)c1c(C#N)c(P(=O)(OCC)OCC)c(C#N)c(P(=O)(OCC)OCC)c1C#N. The summed E-state index contributed by atoms with van der Waals surface area (Å²) < 4.78 is 74.3. The van der Waals surface area contributed by atoms with Crippen LogP contribution in [0.15, 0.2) is 0 Å². The lowest BCUT2D eigenvalue weighted by Gasteiger charge is -2.28. The molecule has 1 aromatic carbocycles. The standard InChI is InChI=1S/C21H30N3O9P3/c1-7-28-34(25,29-8-2)19-16(13-22)20(35(26,30-9-3)31-10-4)18(15-24)21(17(19)14-23)36(27,32-11-5)33-12-6/h7-12H2,1-6H3. The average Bonchev–Trinajstić information content (AvgIpc) is 2.82. The topological polar surface area (TPSA) is 178 Å². The molecule has 1 aromatic rings. The van der Waals surface area contributed by atoms with Crippen LogP contribution in [-0.2, 0) is 40.8 Å². The summed E-state index contributed by atoms with van der Waals surface area (Å²) >= 11 is 0. The monoisotopic (exact) mass is 561 g/mol. The highest BCUT2D eigenvalue weighted by Crippen LogP contribution is 2.56. The Bertz CT molecular complexity index is 1020. The number of nitriles is 3. The third-order valence-electron chi connectivity index (χ3n) is 4.37. The van der Waals surface area contributed by atoms with E-state index in [9.17, 15) is 29.5 Å². The molecule has 0 saturated heterocycles. The number of hydrogen-bond acceptors (Lipinski definition) is 12. The highest BCUT2D eigenvalue weighted by Gasteiger charge is 2.48. The van der Waals surface area contributed by atoms with Gasteiger partial charge in [-0.3, -0.25) is 13.7 Å². The zero-order valence-corrected chi connectivity index (χ0v) is 23.8. The highest BCUT2D eigenvalue weighted by molar-refractivity contribution is 7.66. The predicted molar refractivity (Wildman–Crippen MR) is 132 cm³/mol. The molecule has 0 heterocycles. The third-order valence-corrected chi connectivity index (χ3v) is 10.9. The fourth-order valence-corrected chi connectivity index (χ4v) is 9.29. The molecule has 0 fully saturated rings. The first kappa shape index (κ1) is 32.2. The van der Waals surface area contributed by atoms with Gasteiger partial charge in [-0.15, -0.1) is 0 Å². The molecule has 0 spiro atoms. The van der Waals surface area contributed by atoms with E-state index in [1.807, 2.05) is 0 Å². The molecular weight excluding hydrogens is 531 g/mol. The molecule has 198 valence electrons. The van der Waals surface area contributed by atoms with Gasteiger partial charge in [0.15, 0.2) is 0 Å². The lowest BCUT2D eigenvalue weighted by Crippen LogP contribution is -2.37. The van der Waals surface area contributed by atoms with Gasteiger partial charge in [0, 0.05) is 0 Å². The Hall–Kier alpha value is -1.86. The van der Waals surface area contributed by atoms with Gasteiger partial charge in [0.25, 0.3) is 0 Å². The van der Waals surface area contributed by atoms with Crippen molar-refractivity contribution < 1.29 is 40.8 Å². The molecule has 0 unspecified atom stereocenters. The molecule has 0 aliphatic rings. The van der Waals surface area contributed by atoms with Gasteiger partial charge in [0.2, 0.25) is 0 Å². The van der Waals surface area contributed by atoms with Gasteiger partial charge in [-0.05, 0) is 41.5 Å². The molecule has 1 rings (SSSR count). The van der Waals surface area contributed by atoms with Crippen LogP contribution in [0.25, 0.3) is 0 Å². The summed E-state index contributed by atoms with van der Waals surface area (Å²) in [5.74, 6) is 0. The van der Waals surface area contributed by atoms with E-state index in [4.69, 9.17) is 27.1 Å². The van der Waals surface area contributed by atoms with Crippen molar-refractivity contribution in [3.05, 3.63) is 16.7 Å². The summed E-state index contributed by atoms with van der Waals surface area (Å²) in [6, 6.07) is 5.29. The Morgan fingerprint density at radius 2 is 0.639 bits per heavy atom. The quantitative estimate of drug-likeness (QED) is 0.282. The van der Waals surface area contributed by atoms with Crippen molar-refractivity contribution >= 4 is 38.7 Å². The van der Waals surface area contributed by atoms with Crippen LogP contribution < -0.4 is 15.9 Å². The Kier molecular flexibility index (Phi) is 12.7. The Balaban J connectivity index is 4.72. The minimum absolute atomic E-state index is 0.166. The Labute approximate surface area is 211 Å². The first-order valence-corrected chi connectivity index (χ1v) is 15.8. The van der Waals surface area contributed by atoms with E-state index in [1.165, 1.54) is 41.5 Å². The van der Waals surface area contributed by atoms with E-state index < -0.39 is 55.4 Å². The van der Waals surface area contributed by atoms with E-state index in [0.29, 0.717) is 0 Å². The molecular formula is C21H30N3O9P3. The van der Waals surface area contributed by atoms with Crippen LogP contribution in [0.5, 0.6) is 0 Å². The van der Waals surface area contributed by atoms with Gasteiger partial charge < -0.3 is 27.1 Å². The summed E-state index contributed by atoms with van der Waals surface area (Å²) in [5.41, 5.74) is -1.91. The highest BCUT2D eigenvalue weighted by atomic mass is 31.2. The number of rotatable bonds is 15. The molecule has 0 bridgehead atoms. The van der Waals surface area contributed by atoms with Crippen molar-refractivity contribution in [2.45, 2.75) is 41.5 Å². The van der Waals surface area contributed by atoms with Crippen molar-refractivity contribution in [1.29, 1.82) is 15.8 Å². The second kappa shape index (κ2) is 14.2. The molecule has 0 radical (unpaired) electrons. The molecule has 15 heteroatoms. The molecule has 0 atom stereocenters. The number of hydrogen-bond donors (Lipinski definition) is 0. The van der Waals surface area contributed by atoms with E-state index in [0.717, 1.165) is 0 Å². The van der Waals surface area contributed by atoms with Crippen molar-refractivity contribution in [3.8, 4) is 18.2 Å². The molecule has 36 heavy (non-hydrogen) atoms. The zero-order chi connectivity index (χ0) is 27.6. The van der Waals surface area contributed by atoms with E-state index in [1.54, 1.807) is 18.2 Å². The number of nitrogens with zero attached hydrogens (tertiary/aromatic N) is 3. The fourth-order valence-electron chi connectivity index (χ4n) is 3.37. The van der Waals surface area contributed by atoms with Crippen LogP contribution in [0.3, 0.4) is 0 Å². The Morgan fingerprint density at radius 3 is 0.750 bits per heavy atom. The van der Waals surface area contributed by atoms with Crippen molar-refractivity contribution in [2.24, 2.45) is 0 Å². The maximum absolute atomic E-state index is 14.0. The predicted octanol–water partition coefficient (Wildman–Crippen LogP) is 3.98. The van der Waals surface area contributed by atoms with Crippen LogP contribution in [0, 0.1) is 34.0 Å².